The SMILES string of the molecule is Brc1cccnc1.C1CCOC1.CC(C)(C)OC(=O)N1CC(I)C1.CC(C)(C)OC(=O)N1CC(c2cccnc2)C1.c1cncc(C2CNC2)c1. The molecule has 280 valence electrons. The van der Waals surface area contributed by atoms with Crippen molar-refractivity contribution < 1.29 is 23.8 Å². The zero-order valence-corrected chi connectivity index (χ0v) is 34.5. The third kappa shape index (κ3) is 17.5. The monoisotopic (exact) mass is 880 g/mol. The number of alkyl halides is 1. The van der Waals surface area contributed by atoms with Crippen molar-refractivity contribution in [3.05, 3.63) is 89.2 Å². The lowest BCUT2D eigenvalue weighted by atomic mass is 9.93. The Morgan fingerprint density at radius 1 is 0.745 bits per heavy atom. The molecule has 7 rings (SSSR count). The Labute approximate surface area is 325 Å². The quantitative estimate of drug-likeness (QED) is 0.203. The number of nitrogens with zero attached hydrogens (tertiary/aromatic N) is 5. The number of hydrogen-bond acceptors (Lipinski definition) is 9. The minimum Gasteiger partial charge on any atom is -0.444 e. The molecule has 0 aromatic carbocycles. The van der Waals surface area contributed by atoms with Crippen LogP contribution in [-0.2, 0) is 14.2 Å². The summed E-state index contributed by atoms with van der Waals surface area (Å²) in [5.74, 6) is 1.12. The Balaban J connectivity index is 0.000000182. The van der Waals surface area contributed by atoms with E-state index in [4.69, 9.17) is 14.2 Å². The summed E-state index contributed by atoms with van der Waals surface area (Å²) in [6, 6.07) is 11.9. The summed E-state index contributed by atoms with van der Waals surface area (Å²) in [5, 5.41) is 3.23. The smallest absolute Gasteiger partial charge is 0.410 e. The van der Waals surface area contributed by atoms with Crippen LogP contribution in [0.1, 0.15) is 77.3 Å². The molecule has 4 aliphatic heterocycles. The Hall–Kier alpha value is -2.88. The summed E-state index contributed by atoms with van der Waals surface area (Å²) in [6.07, 6.45) is 13.0. The van der Waals surface area contributed by atoms with Gasteiger partial charge in [0.25, 0.3) is 0 Å². The maximum absolute atomic E-state index is 11.7. The molecular weight excluding hydrogens is 827 g/mol. The minimum absolute atomic E-state index is 0.185. The van der Waals surface area contributed by atoms with Crippen LogP contribution in [0.3, 0.4) is 0 Å². The standard InChI is InChI=1S/C13H18N2O2.C8H14INO2.C8H10N2.C5H4BrN.C4H8O/c1-13(2,3)17-12(16)15-8-11(9-15)10-5-4-6-14-7-10;1-8(2,3)12-7(11)10-4-6(9)5-10;1-2-7(4-9-3-1)8-5-10-6-8;6-5-2-1-3-7-4-5;1-2-4-5-3-1/h4-7,11H,8-9H2,1-3H3;6H,4-5H2,1-3H3;1-4,8,10H,5-6H2;1-4H;1-4H2. The number of nitrogens with one attached hydrogen (secondary N) is 1. The first-order valence-corrected chi connectivity index (χ1v) is 19.5. The van der Waals surface area contributed by atoms with Gasteiger partial charge in [0, 0.05) is 110 Å². The average Bonchev–Trinajstić information content (AvgIpc) is 3.60. The summed E-state index contributed by atoms with van der Waals surface area (Å²) < 4.78 is 17.0. The molecule has 7 heterocycles. The van der Waals surface area contributed by atoms with Crippen molar-refractivity contribution in [1.29, 1.82) is 0 Å². The third-order valence-corrected chi connectivity index (χ3v) is 8.82. The number of rotatable bonds is 2. The lowest BCUT2D eigenvalue weighted by Gasteiger charge is -2.39. The molecule has 4 aliphatic rings. The van der Waals surface area contributed by atoms with Crippen LogP contribution in [-0.4, -0.2) is 105 Å². The van der Waals surface area contributed by atoms with E-state index >= 15 is 0 Å². The number of halogens is 2. The summed E-state index contributed by atoms with van der Waals surface area (Å²) in [7, 11) is 0. The number of pyridine rings is 3. The van der Waals surface area contributed by atoms with Crippen molar-refractivity contribution in [2.24, 2.45) is 0 Å². The number of aromatic nitrogens is 3. The molecule has 0 saturated carbocycles. The molecule has 0 aliphatic carbocycles. The topological polar surface area (TPSA) is 119 Å². The second-order valence-corrected chi connectivity index (χ2v) is 17.2. The molecule has 3 aromatic heterocycles. The van der Waals surface area contributed by atoms with Gasteiger partial charge in [-0.15, -0.1) is 0 Å². The van der Waals surface area contributed by atoms with Gasteiger partial charge in [0.15, 0.2) is 0 Å². The highest BCUT2D eigenvalue weighted by molar-refractivity contribution is 14.1. The molecule has 51 heavy (non-hydrogen) atoms. The highest BCUT2D eigenvalue weighted by Crippen LogP contribution is 2.27. The molecule has 2 amide bonds. The van der Waals surface area contributed by atoms with Crippen LogP contribution in [0.4, 0.5) is 9.59 Å². The van der Waals surface area contributed by atoms with Crippen LogP contribution in [0.2, 0.25) is 0 Å². The molecule has 0 spiro atoms. The van der Waals surface area contributed by atoms with Gasteiger partial charge in [-0.1, -0.05) is 34.7 Å². The summed E-state index contributed by atoms with van der Waals surface area (Å²) in [5.41, 5.74) is 1.76. The van der Waals surface area contributed by atoms with E-state index in [0.717, 1.165) is 57.0 Å². The predicted molar refractivity (Wildman–Crippen MR) is 212 cm³/mol. The summed E-state index contributed by atoms with van der Waals surface area (Å²) in [4.78, 5) is 38.4. The van der Waals surface area contributed by atoms with Crippen LogP contribution in [0.15, 0.2) is 78.1 Å². The summed E-state index contributed by atoms with van der Waals surface area (Å²) in [6.45, 7) is 18.6. The Kier molecular flexibility index (Phi) is 18.0. The fraction of sp³-hybridized carbons (Fsp3) is 0.553. The normalized spacial score (nSPS) is 17.1. The van der Waals surface area contributed by atoms with Gasteiger partial charge in [0.2, 0.25) is 0 Å². The number of carbonyl (C=O) groups excluding carboxylic acids is 2. The number of hydrogen-bond donors (Lipinski definition) is 1. The van der Waals surface area contributed by atoms with Gasteiger partial charge in [0.1, 0.15) is 11.2 Å². The van der Waals surface area contributed by atoms with Crippen LogP contribution in [0, 0.1) is 0 Å². The van der Waals surface area contributed by atoms with E-state index in [1.54, 1.807) is 28.4 Å². The first-order chi connectivity index (χ1) is 24.2. The second-order valence-electron chi connectivity index (χ2n) is 14.5. The molecular formula is C38H54BrIN6O5. The maximum atomic E-state index is 11.7. The lowest BCUT2D eigenvalue weighted by Crippen LogP contribution is -2.52. The first kappa shape index (κ1) is 42.5. The first-order valence-electron chi connectivity index (χ1n) is 17.4. The molecule has 1 N–H and O–H groups in total. The van der Waals surface area contributed by atoms with Crippen LogP contribution in [0.5, 0.6) is 0 Å². The molecule has 0 bridgehead atoms. The Bertz CT molecular complexity index is 1400. The second kappa shape index (κ2) is 21.6. The van der Waals surface area contributed by atoms with E-state index in [-0.39, 0.29) is 17.8 Å². The van der Waals surface area contributed by atoms with Crippen molar-refractivity contribution in [2.45, 2.75) is 81.3 Å². The molecule has 0 atom stereocenters. The highest BCUT2D eigenvalue weighted by atomic mass is 127. The Morgan fingerprint density at radius 2 is 1.20 bits per heavy atom. The maximum Gasteiger partial charge on any atom is 0.410 e. The molecule has 13 heteroatoms. The molecule has 3 aromatic rings. The van der Waals surface area contributed by atoms with Crippen molar-refractivity contribution in [3.8, 4) is 0 Å². The van der Waals surface area contributed by atoms with Crippen LogP contribution >= 0.6 is 38.5 Å². The third-order valence-electron chi connectivity index (χ3n) is 7.57. The Morgan fingerprint density at radius 3 is 1.49 bits per heavy atom. The highest BCUT2D eigenvalue weighted by Gasteiger charge is 2.34. The van der Waals surface area contributed by atoms with Crippen molar-refractivity contribution in [1.82, 2.24) is 30.1 Å². The fourth-order valence-electron chi connectivity index (χ4n) is 4.68. The van der Waals surface area contributed by atoms with E-state index in [0.29, 0.717) is 15.8 Å². The van der Waals surface area contributed by atoms with Crippen molar-refractivity contribution in [2.75, 3.05) is 52.5 Å². The largest absolute Gasteiger partial charge is 0.444 e. The lowest BCUT2D eigenvalue weighted by molar-refractivity contribution is 0.00804. The van der Waals surface area contributed by atoms with Gasteiger partial charge in [-0.25, -0.2) is 9.59 Å². The van der Waals surface area contributed by atoms with Gasteiger partial charge < -0.3 is 29.3 Å². The van der Waals surface area contributed by atoms with E-state index in [9.17, 15) is 9.59 Å². The van der Waals surface area contributed by atoms with Crippen LogP contribution in [0.25, 0.3) is 0 Å². The minimum atomic E-state index is -0.420. The van der Waals surface area contributed by atoms with E-state index in [1.807, 2.05) is 90.5 Å². The van der Waals surface area contributed by atoms with Gasteiger partial charge in [-0.05, 0) is 106 Å². The van der Waals surface area contributed by atoms with Crippen LogP contribution < -0.4 is 5.32 Å². The fourth-order valence-corrected chi connectivity index (χ4v) is 5.90. The number of ether oxygens (including phenoxy) is 3. The molecule has 4 fully saturated rings. The van der Waals surface area contributed by atoms with Crippen molar-refractivity contribution >= 4 is 50.7 Å². The zero-order chi connectivity index (χ0) is 37.3. The zero-order valence-electron chi connectivity index (χ0n) is 30.8. The van der Waals surface area contributed by atoms with Gasteiger partial charge in [-0.3, -0.25) is 15.0 Å². The number of likely N-dealkylation sites (tertiary alicyclic amines) is 2. The number of carbonyl (C=O) groups is 2. The van der Waals surface area contributed by atoms with E-state index in [2.05, 4.69) is 64.9 Å². The molecule has 0 unspecified atom stereocenters. The molecule has 11 nitrogen and oxygen atoms in total. The molecule has 4 saturated heterocycles. The predicted octanol–water partition coefficient (Wildman–Crippen LogP) is 7.87. The van der Waals surface area contributed by atoms with E-state index in [1.165, 1.54) is 24.0 Å². The molecule has 0 radical (unpaired) electrons. The summed E-state index contributed by atoms with van der Waals surface area (Å²) >= 11 is 5.58. The van der Waals surface area contributed by atoms with Gasteiger partial charge >= 0.3 is 12.2 Å². The van der Waals surface area contributed by atoms with Gasteiger partial charge in [-0.2, -0.15) is 0 Å². The van der Waals surface area contributed by atoms with Crippen molar-refractivity contribution in [3.63, 3.8) is 0 Å². The number of amides is 2. The average molecular weight is 882 g/mol. The van der Waals surface area contributed by atoms with Gasteiger partial charge in [0.05, 0.1) is 0 Å². The van der Waals surface area contributed by atoms with E-state index < -0.39 is 5.60 Å².